The molecule has 3 aromatic rings. The highest BCUT2D eigenvalue weighted by Gasteiger charge is 2.35. The largest absolute Gasteiger partial charge is 0.322 e. The number of anilines is 2. The van der Waals surface area contributed by atoms with Crippen LogP contribution < -0.4 is 5.32 Å². The molecule has 1 aliphatic heterocycles. The highest BCUT2D eigenvalue weighted by Crippen LogP contribution is 2.39. The summed E-state index contributed by atoms with van der Waals surface area (Å²) in [5, 5.41) is 14.9. The minimum absolute atomic E-state index is 0.154. The third-order valence-corrected chi connectivity index (χ3v) is 4.10. The van der Waals surface area contributed by atoms with Gasteiger partial charge in [0.1, 0.15) is 0 Å². The zero-order chi connectivity index (χ0) is 16.5. The Morgan fingerprint density at radius 1 is 1.25 bits per heavy atom. The molecule has 0 bridgehead atoms. The summed E-state index contributed by atoms with van der Waals surface area (Å²) in [5.41, 5.74) is 2.29. The highest BCUT2D eigenvalue weighted by atomic mass is 19.1. The number of fused-ring (bicyclic) bond motifs is 1. The van der Waals surface area contributed by atoms with Gasteiger partial charge in [0.25, 0.3) is 0 Å². The van der Waals surface area contributed by atoms with Crippen molar-refractivity contribution in [1.29, 1.82) is 5.41 Å². The molecule has 24 heavy (non-hydrogen) atoms. The number of rotatable bonds is 4. The molecule has 2 unspecified atom stereocenters. The first-order chi connectivity index (χ1) is 11.8. The van der Waals surface area contributed by atoms with Gasteiger partial charge in [-0.05, 0) is 11.6 Å². The quantitative estimate of drug-likeness (QED) is 0.721. The Morgan fingerprint density at radius 3 is 2.88 bits per heavy atom. The Hall–Kier alpha value is -3.09. The lowest BCUT2D eigenvalue weighted by molar-refractivity contribution is 0.329. The maximum absolute atomic E-state index is 14.4. The second-order valence-corrected chi connectivity index (χ2v) is 5.60. The molecule has 0 fully saturated rings. The van der Waals surface area contributed by atoms with Gasteiger partial charge in [-0.1, -0.05) is 30.3 Å². The maximum atomic E-state index is 14.4. The molecule has 6 nitrogen and oxygen atoms in total. The number of benzene rings is 1. The van der Waals surface area contributed by atoms with Gasteiger partial charge < -0.3 is 10.7 Å². The van der Waals surface area contributed by atoms with Crippen LogP contribution in [0.3, 0.4) is 0 Å². The monoisotopic (exact) mass is 322 g/mol. The summed E-state index contributed by atoms with van der Waals surface area (Å²) in [6, 6.07) is 11.3. The minimum Gasteiger partial charge on any atom is -0.322 e. The van der Waals surface area contributed by atoms with Gasteiger partial charge in [0.15, 0.2) is 12.0 Å². The third kappa shape index (κ3) is 2.44. The van der Waals surface area contributed by atoms with Gasteiger partial charge in [-0.25, -0.2) is 9.07 Å². The van der Waals surface area contributed by atoms with Gasteiger partial charge in [-0.2, -0.15) is 4.98 Å². The molecule has 2 atom stereocenters. The van der Waals surface area contributed by atoms with E-state index in [9.17, 15) is 4.39 Å². The fourth-order valence-corrected chi connectivity index (χ4v) is 2.94. The standard InChI is InChI=1S/C17H15FN6/c18-13-8-15(11-4-2-1-3-5-11)24-16(13)22-17(23-24)21-14-6-7-20-10-12(14)9-19/h1-7,9-10,13,15,19H,8H2,(H,20,21,23). The Kier molecular flexibility index (Phi) is 3.53. The molecular formula is C17H15FN6. The van der Waals surface area contributed by atoms with E-state index in [1.807, 2.05) is 30.3 Å². The SMILES string of the molecule is N=Cc1cnccc1Nc1nc2n(n1)C(c1ccccc1)CC2F. The number of hydrogen-bond acceptors (Lipinski definition) is 5. The first kappa shape index (κ1) is 14.5. The molecule has 0 radical (unpaired) electrons. The summed E-state index contributed by atoms with van der Waals surface area (Å²) in [6.07, 6.45) is 3.59. The van der Waals surface area contributed by atoms with E-state index >= 15 is 0 Å². The number of aromatic nitrogens is 4. The van der Waals surface area contributed by atoms with Crippen LogP contribution in [0.1, 0.15) is 35.6 Å². The van der Waals surface area contributed by atoms with E-state index in [1.165, 1.54) is 6.21 Å². The van der Waals surface area contributed by atoms with Crippen molar-refractivity contribution >= 4 is 17.9 Å². The Bertz CT molecular complexity index is 876. The lowest BCUT2D eigenvalue weighted by Gasteiger charge is -2.11. The molecule has 4 rings (SSSR count). The predicted octanol–water partition coefficient (Wildman–Crippen LogP) is 3.42. The van der Waals surface area contributed by atoms with Crippen LogP contribution in [0.4, 0.5) is 16.0 Å². The summed E-state index contributed by atoms with van der Waals surface area (Å²) >= 11 is 0. The van der Waals surface area contributed by atoms with E-state index in [-0.39, 0.29) is 6.04 Å². The van der Waals surface area contributed by atoms with Crippen molar-refractivity contribution in [2.45, 2.75) is 18.6 Å². The molecule has 0 saturated carbocycles. The average Bonchev–Trinajstić information content (AvgIpc) is 3.16. The molecule has 1 aliphatic rings. The van der Waals surface area contributed by atoms with Gasteiger partial charge in [-0.15, -0.1) is 5.10 Å². The Balaban J connectivity index is 1.67. The van der Waals surface area contributed by atoms with Crippen molar-refractivity contribution in [3.63, 3.8) is 0 Å². The van der Waals surface area contributed by atoms with Crippen LogP contribution in [0.2, 0.25) is 0 Å². The molecule has 2 aromatic heterocycles. The van der Waals surface area contributed by atoms with Crippen LogP contribution in [-0.4, -0.2) is 26.0 Å². The van der Waals surface area contributed by atoms with E-state index in [4.69, 9.17) is 5.41 Å². The molecule has 120 valence electrons. The normalized spacial score (nSPS) is 19.0. The fraction of sp³-hybridized carbons (Fsp3) is 0.176. The van der Waals surface area contributed by atoms with Gasteiger partial charge >= 0.3 is 0 Å². The summed E-state index contributed by atoms with van der Waals surface area (Å²) in [7, 11) is 0. The fourth-order valence-electron chi connectivity index (χ4n) is 2.94. The Morgan fingerprint density at radius 2 is 2.08 bits per heavy atom. The minimum atomic E-state index is -1.14. The zero-order valence-corrected chi connectivity index (χ0v) is 12.7. The summed E-state index contributed by atoms with van der Waals surface area (Å²) < 4.78 is 16.0. The van der Waals surface area contributed by atoms with Crippen LogP contribution in [0.15, 0.2) is 48.8 Å². The smallest absolute Gasteiger partial charge is 0.246 e. The first-order valence-corrected chi connectivity index (χ1v) is 7.63. The van der Waals surface area contributed by atoms with E-state index in [0.717, 1.165) is 5.56 Å². The van der Waals surface area contributed by atoms with E-state index in [2.05, 4.69) is 20.4 Å². The Labute approximate surface area is 137 Å². The number of hydrogen-bond donors (Lipinski definition) is 2. The molecule has 0 saturated heterocycles. The molecule has 7 heteroatoms. The first-order valence-electron chi connectivity index (χ1n) is 7.63. The van der Waals surface area contributed by atoms with Crippen molar-refractivity contribution in [2.24, 2.45) is 0 Å². The number of nitrogens with zero attached hydrogens (tertiary/aromatic N) is 4. The lowest BCUT2D eigenvalue weighted by Crippen LogP contribution is -2.08. The number of halogens is 1. The lowest BCUT2D eigenvalue weighted by atomic mass is 10.0. The molecule has 3 heterocycles. The van der Waals surface area contributed by atoms with Crippen molar-refractivity contribution in [3.8, 4) is 0 Å². The molecule has 2 N–H and O–H groups in total. The summed E-state index contributed by atoms with van der Waals surface area (Å²) in [4.78, 5) is 8.26. The van der Waals surface area contributed by atoms with E-state index < -0.39 is 6.17 Å². The van der Waals surface area contributed by atoms with Crippen molar-refractivity contribution in [3.05, 3.63) is 65.7 Å². The van der Waals surface area contributed by atoms with Gasteiger partial charge in [-0.3, -0.25) is 4.98 Å². The van der Waals surface area contributed by atoms with Crippen molar-refractivity contribution in [1.82, 2.24) is 19.7 Å². The van der Waals surface area contributed by atoms with Crippen LogP contribution in [0.25, 0.3) is 0 Å². The van der Waals surface area contributed by atoms with Gasteiger partial charge in [0.05, 0.1) is 11.7 Å². The molecule has 0 spiro atoms. The molecule has 1 aromatic carbocycles. The second-order valence-electron chi connectivity index (χ2n) is 5.60. The average molecular weight is 322 g/mol. The van der Waals surface area contributed by atoms with Crippen LogP contribution >= 0.6 is 0 Å². The third-order valence-electron chi connectivity index (χ3n) is 4.10. The van der Waals surface area contributed by atoms with Crippen LogP contribution in [0, 0.1) is 5.41 Å². The summed E-state index contributed by atoms with van der Waals surface area (Å²) in [5.74, 6) is 0.652. The van der Waals surface area contributed by atoms with Crippen LogP contribution in [-0.2, 0) is 0 Å². The van der Waals surface area contributed by atoms with Crippen LogP contribution in [0.5, 0.6) is 0 Å². The molecule has 0 amide bonds. The van der Waals surface area contributed by atoms with Crippen molar-refractivity contribution < 1.29 is 4.39 Å². The molecule has 0 aliphatic carbocycles. The zero-order valence-electron chi connectivity index (χ0n) is 12.7. The molecular weight excluding hydrogens is 307 g/mol. The van der Waals surface area contributed by atoms with E-state index in [0.29, 0.717) is 29.4 Å². The number of nitrogens with one attached hydrogen (secondary N) is 2. The number of alkyl halides is 1. The second kappa shape index (κ2) is 5.84. The topological polar surface area (TPSA) is 79.5 Å². The number of pyridine rings is 1. The van der Waals surface area contributed by atoms with Crippen molar-refractivity contribution in [2.75, 3.05) is 5.32 Å². The summed E-state index contributed by atoms with van der Waals surface area (Å²) in [6.45, 7) is 0. The van der Waals surface area contributed by atoms with Gasteiger partial charge in [0, 0.05) is 30.6 Å². The maximum Gasteiger partial charge on any atom is 0.246 e. The highest BCUT2D eigenvalue weighted by molar-refractivity contribution is 5.86. The van der Waals surface area contributed by atoms with Gasteiger partial charge in [0.2, 0.25) is 5.95 Å². The predicted molar refractivity (Wildman–Crippen MR) is 88.5 cm³/mol. The van der Waals surface area contributed by atoms with E-state index in [1.54, 1.807) is 23.1 Å².